The molecule has 0 aromatic heterocycles. The number of carbonyl (C=O) groups excluding carboxylic acids is 3. The van der Waals surface area contributed by atoms with Gasteiger partial charge in [0.25, 0.3) is 0 Å². The number of fused-ring (bicyclic) bond motifs is 3. The van der Waals surface area contributed by atoms with Crippen LogP contribution in [0.25, 0.3) is 6.08 Å². The van der Waals surface area contributed by atoms with Crippen molar-refractivity contribution in [2.75, 3.05) is 19.7 Å². The van der Waals surface area contributed by atoms with Crippen molar-refractivity contribution in [3.8, 4) is 0 Å². The highest BCUT2D eigenvalue weighted by Crippen LogP contribution is 2.45. The third-order valence-corrected chi connectivity index (χ3v) is 10.7. The highest BCUT2D eigenvalue weighted by molar-refractivity contribution is 5.98. The molecule has 8 rings (SSSR count). The van der Waals surface area contributed by atoms with Gasteiger partial charge in [0.1, 0.15) is 24.4 Å². The summed E-state index contributed by atoms with van der Waals surface area (Å²) in [6.45, 7) is 0.398. The zero-order chi connectivity index (χ0) is 32.8. The predicted molar refractivity (Wildman–Crippen MR) is 175 cm³/mol. The minimum Gasteiger partial charge on any atom is -0.456 e. The number of benzene rings is 2. The van der Waals surface area contributed by atoms with Crippen LogP contribution in [-0.2, 0) is 41.4 Å². The molecule has 3 unspecified atom stereocenters. The zero-order valence-corrected chi connectivity index (χ0v) is 26.9. The van der Waals surface area contributed by atoms with Gasteiger partial charge in [-0.15, -0.1) is 0 Å². The van der Waals surface area contributed by atoms with E-state index in [1.54, 1.807) is 11.0 Å². The third-order valence-electron chi connectivity index (χ3n) is 10.7. The van der Waals surface area contributed by atoms with E-state index < -0.39 is 36.1 Å². The van der Waals surface area contributed by atoms with Crippen molar-refractivity contribution in [1.82, 2.24) is 10.2 Å². The lowest BCUT2D eigenvalue weighted by molar-refractivity contribution is -0.172. The molecule has 0 radical (unpaired) electrons. The molecule has 2 N–H and O–H groups in total. The lowest BCUT2D eigenvalue weighted by Crippen LogP contribution is -2.49. The van der Waals surface area contributed by atoms with Crippen molar-refractivity contribution in [2.45, 2.75) is 93.7 Å². The molecule has 3 aliphatic heterocycles. The van der Waals surface area contributed by atoms with E-state index in [0.29, 0.717) is 61.5 Å². The van der Waals surface area contributed by atoms with Crippen LogP contribution in [0.5, 0.6) is 0 Å². The molecular formula is C38H42N2O8. The second kappa shape index (κ2) is 12.9. The molecule has 1 spiro atoms. The number of hydrogen-bond donors (Lipinski definition) is 2. The number of rotatable bonds is 8. The fourth-order valence-electron chi connectivity index (χ4n) is 8.25. The second-order valence-corrected chi connectivity index (χ2v) is 14.0. The number of aliphatic hydroxyl groups is 1. The van der Waals surface area contributed by atoms with E-state index in [4.69, 9.17) is 18.9 Å². The van der Waals surface area contributed by atoms with E-state index in [2.05, 4.69) is 29.6 Å². The Bertz CT molecular complexity index is 1630. The van der Waals surface area contributed by atoms with Crippen LogP contribution >= 0.6 is 0 Å². The maximum absolute atomic E-state index is 14.0. The summed E-state index contributed by atoms with van der Waals surface area (Å²) in [5.41, 5.74) is 4.09. The summed E-state index contributed by atoms with van der Waals surface area (Å²) < 4.78 is 25.2. The zero-order valence-electron chi connectivity index (χ0n) is 26.9. The average molecular weight is 655 g/mol. The standard InChI is InChI=1S/C38H42N2O8/c41-16-14-39-35(42)29-9-4-15-40(29)36(43)28-19-32(34-33(20-28)47-38(48-34)21-26-6-1-2-7-27(26)22-38)46-37(44)25-8-3-5-23(17-25)10-11-24-12-13-30-31(18-24)45-30/h1-3,5-8,10-11,17,20,24,29-34,41H,4,9,12-16,18-19,21-22H2,(H,39,42)/t24?,29-,30?,31?,32-,33-,34+/m1/s1. The van der Waals surface area contributed by atoms with Gasteiger partial charge in [0.05, 0.1) is 24.4 Å². The van der Waals surface area contributed by atoms with Crippen LogP contribution in [0.15, 0.2) is 66.3 Å². The number of ether oxygens (including phenoxy) is 4. The molecule has 2 amide bonds. The first-order valence-corrected chi connectivity index (χ1v) is 17.4. The smallest absolute Gasteiger partial charge is 0.338 e. The second-order valence-electron chi connectivity index (χ2n) is 14.0. The number of carbonyl (C=O) groups is 3. The van der Waals surface area contributed by atoms with Crippen molar-refractivity contribution >= 4 is 23.9 Å². The summed E-state index contributed by atoms with van der Waals surface area (Å²) >= 11 is 0. The van der Waals surface area contributed by atoms with Gasteiger partial charge in [-0.05, 0) is 72.9 Å². The Balaban J connectivity index is 1.02. The summed E-state index contributed by atoms with van der Waals surface area (Å²) in [5.74, 6) is -1.48. The Hall–Kier alpha value is -3.83. The van der Waals surface area contributed by atoms with Gasteiger partial charge in [-0.3, -0.25) is 9.59 Å². The first-order valence-electron chi connectivity index (χ1n) is 17.4. The summed E-state index contributed by atoms with van der Waals surface area (Å²) in [4.78, 5) is 42.2. The number of epoxide rings is 1. The molecule has 48 heavy (non-hydrogen) atoms. The molecule has 10 heteroatoms. The van der Waals surface area contributed by atoms with Crippen molar-refractivity contribution in [2.24, 2.45) is 5.92 Å². The Morgan fingerprint density at radius 3 is 2.65 bits per heavy atom. The number of hydrogen-bond acceptors (Lipinski definition) is 8. The SMILES string of the molecule is O=C(O[C@@H]1CC(C(=O)N2CCC[C@@H]2C(=O)NCCO)=C[C@H]2OC3(Cc4ccccc4C3)O[C@H]21)c1cccc(C=CC2CCC3OC3C2)c1. The van der Waals surface area contributed by atoms with Gasteiger partial charge in [-0.25, -0.2) is 4.79 Å². The first-order chi connectivity index (χ1) is 23.4. The molecular weight excluding hydrogens is 612 g/mol. The van der Waals surface area contributed by atoms with E-state index in [0.717, 1.165) is 36.0 Å². The van der Waals surface area contributed by atoms with Crippen molar-refractivity contribution in [1.29, 1.82) is 0 Å². The molecule has 0 bridgehead atoms. The van der Waals surface area contributed by atoms with E-state index >= 15 is 0 Å². The Morgan fingerprint density at radius 1 is 1.02 bits per heavy atom. The van der Waals surface area contributed by atoms with Crippen molar-refractivity contribution < 1.29 is 38.4 Å². The highest BCUT2D eigenvalue weighted by atomic mass is 16.8. The summed E-state index contributed by atoms with van der Waals surface area (Å²) in [5, 5.41) is 11.9. The summed E-state index contributed by atoms with van der Waals surface area (Å²) in [6.07, 6.45) is 10.8. The molecule has 3 aliphatic carbocycles. The molecule has 2 aromatic carbocycles. The van der Waals surface area contributed by atoms with Gasteiger partial charge >= 0.3 is 5.97 Å². The van der Waals surface area contributed by atoms with Crippen LogP contribution in [0.2, 0.25) is 0 Å². The number of esters is 1. The quantitative estimate of drug-likeness (QED) is 0.327. The number of nitrogens with one attached hydrogen (secondary N) is 1. The van der Waals surface area contributed by atoms with Gasteiger partial charge in [-0.1, -0.05) is 48.6 Å². The Morgan fingerprint density at radius 2 is 1.85 bits per heavy atom. The topological polar surface area (TPSA) is 127 Å². The third kappa shape index (κ3) is 6.22. The number of likely N-dealkylation sites (tertiary alicyclic amines) is 1. The predicted octanol–water partition coefficient (Wildman–Crippen LogP) is 3.50. The monoisotopic (exact) mass is 654 g/mol. The fraction of sp³-hybridized carbons (Fsp3) is 0.500. The van der Waals surface area contributed by atoms with Gasteiger partial charge in [0, 0.05) is 37.9 Å². The van der Waals surface area contributed by atoms with Crippen molar-refractivity contribution in [3.63, 3.8) is 0 Å². The van der Waals surface area contributed by atoms with Crippen LogP contribution < -0.4 is 5.32 Å². The maximum atomic E-state index is 14.0. The first kappa shape index (κ1) is 31.4. The maximum Gasteiger partial charge on any atom is 0.338 e. The Kier molecular flexibility index (Phi) is 8.44. The molecule has 2 aromatic rings. The number of allylic oxidation sites excluding steroid dienone is 1. The number of aliphatic hydroxyl groups excluding tert-OH is 1. The highest BCUT2D eigenvalue weighted by Gasteiger charge is 2.55. The van der Waals surface area contributed by atoms with Crippen LogP contribution in [0, 0.1) is 5.92 Å². The normalized spacial score (nSPS) is 31.2. The van der Waals surface area contributed by atoms with Crippen LogP contribution in [0.1, 0.15) is 65.6 Å². The minimum absolute atomic E-state index is 0.130. The Labute approximate surface area is 280 Å². The molecule has 3 heterocycles. The van der Waals surface area contributed by atoms with Crippen LogP contribution in [0.3, 0.4) is 0 Å². The molecule has 4 fully saturated rings. The summed E-state index contributed by atoms with van der Waals surface area (Å²) in [6, 6.07) is 14.9. The molecule has 3 saturated heterocycles. The van der Waals surface area contributed by atoms with Gasteiger partial charge in [0.15, 0.2) is 5.79 Å². The van der Waals surface area contributed by atoms with Crippen LogP contribution in [0.4, 0.5) is 0 Å². The van der Waals surface area contributed by atoms with Crippen molar-refractivity contribution in [3.05, 3.63) is 88.5 Å². The molecule has 10 nitrogen and oxygen atoms in total. The van der Waals surface area contributed by atoms with E-state index in [1.165, 1.54) is 0 Å². The largest absolute Gasteiger partial charge is 0.456 e. The lowest BCUT2D eigenvalue weighted by atomic mass is 9.88. The number of amides is 2. The fourth-order valence-corrected chi connectivity index (χ4v) is 8.25. The molecule has 7 atom stereocenters. The number of nitrogens with zero attached hydrogens (tertiary/aromatic N) is 1. The van der Waals surface area contributed by atoms with E-state index in [1.807, 2.05) is 36.4 Å². The minimum atomic E-state index is -0.908. The van der Waals surface area contributed by atoms with E-state index in [9.17, 15) is 19.5 Å². The van der Waals surface area contributed by atoms with Gasteiger partial charge < -0.3 is 34.3 Å². The average Bonchev–Trinajstić information content (AvgIpc) is 3.38. The molecule has 252 valence electrons. The summed E-state index contributed by atoms with van der Waals surface area (Å²) in [7, 11) is 0. The molecule has 6 aliphatic rings. The molecule has 1 saturated carbocycles. The van der Waals surface area contributed by atoms with E-state index in [-0.39, 0.29) is 31.4 Å². The van der Waals surface area contributed by atoms with Crippen LogP contribution in [-0.4, -0.2) is 89.8 Å². The van der Waals surface area contributed by atoms with Gasteiger partial charge in [-0.2, -0.15) is 0 Å². The lowest BCUT2D eigenvalue weighted by Gasteiger charge is -2.32. The van der Waals surface area contributed by atoms with Gasteiger partial charge in [0.2, 0.25) is 11.8 Å².